The van der Waals surface area contributed by atoms with Crippen molar-refractivity contribution in [2.75, 3.05) is 38.8 Å². The number of nitrogens with one attached hydrogen (secondary N) is 2. The summed E-state index contributed by atoms with van der Waals surface area (Å²) in [6.45, 7) is -0.0150. The van der Waals surface area contributed by atoms with Gasteiger partial charge in [0.1, 0.15) is 5.75 Å². The molecule has 0 aromatic heterocycles. The number of carbonyl (C=O) groups excluding carboxylic acids is 2. The Kier molecular flexibility index (Phi) is 8.80. The number of anilines is 1. The summed E-state index contributed by atoms with van der Waals surface area (Å²) in [4.78, 5) is 23.7. The van der Waals surface area contributed by atoms with E-state index in [0.717, 1.165) is 13.2 Å². The summed E-state index contributed by atoms with van der Waals surface area (Å²) in [7, 11) is 1.15. The minimum absolute atomic E-state index is 0. The second kappa shape index (κ2) is 10.3. The zero-order chi connectivity index (χ0) is 19.2. The standard InChI is InChI=1S/C16H19F3N2O5.ClH/c1-24-15(23)10-2-3-12(13(6-10)26-9-16(17,18)19)21-14(22)7-11-8-25-5-4-20-11;/h2-3,6,11,20H,4-5,7-9H2,1H3,(H,21,22);1H. The quantitative estimate of drug-likeness (QED) is 0.696. The van der Waals surface area contributed by atoms with E-state index in [2.05, 4.69) is 15.4 Å². The van der Waals surface area contributed by atoms with Crippen LogP contribution in [-0.4, -0.2) is 57.6 Å². The monoisotopic (exact) mass is 412 g/mol. The number of morpholine rings is 1. The smallest absolute Gasteiger partial charge is 0.422 e. The van der Waals surface area contributed by atoms with E-state index in [9.17, 15) is 22.8 Å². The van der Waals surface area contributed by atoms with Gasteiger partial charge in [0.25, 0.3) is 0 Å². The van der Waals surface area contributed by atoms with Gasteiger partial charge in [-0.3, -0.25) is 4.79 Å². The molecule has 1 heterocycles. The van der Waals surface area contributed by atoms with Crippen LogP contribution in [0.2, 0.25) is 0 Å². The van der Waals surface area contributed by atoms with Gasteiger partial charge in [-0.25, -0.2) is 4.79 Å². The van der Waals surface area contributed by atoms with E-state index in [4.69, 9.17) is 9.47 Å². The van der Waals surface area contributed by atoms with Crippen LogP contribution in [0.3, 0.4) is 0 Å². The molecule has 1 fully saturated rings. The van der Waals surface area contributed by atoms with Crippen molar-refractivity contribution < 1.29 is 37.0 Å². The van der Waals surface area contributed by atoms with Crippen molar-refractivity contribution in [3.8, 4) is 5.75 Å². The molecule has 0 aliphatic carbocycles. The van der Waals surface area contributed by atoms with Gasteiger partial charge in [0.05, 0.1) is 31.6 Å². The molecule has 2 N–H and O–H groups in total. The van der Waals surface area contributed by atoms with Gasteiger partial charge in [-0.05, 0) is 18.2 Å². The number of rotatable bonds is 6. The number of amides is 1. The predicted octanol–water partition coefficient (Wildman–Crippen LogP) is 2.15. The summed E-state index contributed by atoms with van der Waals surface area (Å²) >= 11 is 0. The Hall–Kier alpha value is -2.04. The number of methoxy groups -OCH3 is 1. The number of benzene rings is 1. The van der Waals surface area contributed by atoms with Crippen molar-refractivity contribution in [3.63, 3.8) is 0 Å². The molecular weight excluding hydrogens is 393 g/mol. The number of alkyl halides is 3. The summed E-state index contributed by atoms with van der Waals surface area (Å²) in [5.74, 6) is -1.43. The van der Waals surface area contributed by atoms with Gasteiger partial charge < -0.3 is 24.8 Å². The van der Waals surface area contributed by atoms with Gasteiger partial charge >= 0.3 is 12.1 Å². The van der Waals surface area contributed by atoms with Crippen LogP contribution < -0.4 is 15.4 Å². The highest BCUT2D eigenvalue weighted by molar-refractivity contribution is 5.95. The molecule has 1 saturated heterocycles. The first-order valence-corrected chi connectivity index (χ1v) is 7.81. The van der Waals surface area contributed by atoms with Crippen molar-refractivity contribution in [3.05, 3.63) is 23.8 Å². The van der Waals surface area contributed by atoms with Gasteiger partial charge in [0.2, 0.25) is 5.91 Å². The number of ether oxygens (including phenoxy) is 3. The fraction of sp³-hybridized carbons (Fsp3) is 0.500. The fourth-order valence-electron chi connectivity index (χ4n) is 2.33. The third kappa shape index (κ3) is 7.61. The van der Waals surface area contributed by atoms with Crippen molar-refractivity contribution in [1.82, 2.24) is 5.32 Å². The first-order valence-electron chi connectivity index (χ1n) is 7.81. The van der Waals surface area contributed by atoms with Crippen LogP contribution in [0.4, 0.5) is 18.9 Å². The molecule has 11 heteroatoms. The van der Waals surface area contributed by atoms with E-state index in [1.807, 2.05) is 0 Å². The van der Waals surface area contributed by atoms with Crippen molar-refractivity contribution in [2.24, 2.45) is 0 Å². The zero-order valence-electron chi connectivity index (χ0n) is 14.4. The molecule has 1 aromatic carbocycles. The van der Waals surface area contributed by atoms with Crippen LogP contribution >= 0.6 is 12.4 Å². The number of hydrogen-bond acceptors (Lipinski definition) is 6. The Morgan fingerprint density at radius 2 is 2.11 bits per heavy atom. The maximum atomic E-state index is 12.4. The Bertz CT molecular complexity index is 651. The normalized spacial score (nSPS) is 16.8. The van der Waals surface area contributed by atoms with Crippen molar-refractivity contribution in [1.29, 1.82) is 0 Å². The van der Waals surface area contributed by atoms with Gasteiger partial charge in [0, 0.05) is 19.0 Å². The summed E-state index contributed by atoms with van der Waals surface area (Å²) in [5, 5.41) is 5.60. The lowest BCUT2D eigenvalue weighted by atomic mass is 10.1. The largest absolute Gasteiger partial charge is 0.482 e. The average Bonchev–Trinajstić information content (AvgIpc) is 2.60. The highest BCUT2D eigenvalue weighted by Gasteiger charge is 2.29. The highest BCUT2D eigenvalue weighted by Crippen LogP contribution is 2.28. The fourth-order valence-corrected chi connectivity index (χ4v) is 2.33. The molecule has 0 saturated carbocycles. The number of halogens is 4. The first-order chi connectivity index (χ1) is 12.3. The Morgan fingerprint density at radius 1 is 1.37 bits per heavy atom. The first kappa shape index (κ1) is 23.0. The third-order valence-corrected chi connectivity index (χ3v) is 3.50. The molecule has 0 radical (unpaired) electrons. The Labute approximate surface area is 159 Å². The summed E-state index contributed by atoms with van der Waals surface area (Å²) < 4.78 is 51.8. The average molecular weight is 413 g/mol. The minimum atomic E-state index is -4.56. The van der Waals surface area contributed by atoms with Gasteiger partial charge in [0.15, 0.2) is 6.61 Å². The van der Waals surface area contributed by atoms with Crippen molar-refractivity contribution in [2.45, 2.75) is 18.6 Å². The van der Waals surface area contributed by atoms with E-state index < -0.39 is 24.7 Å². The molecular formula is C16H20ClF3N2O5. The van der Waals surface area contributed by atoms with E-state index >= 15 is 0 Å². The van der Waals surface area contributed by atoms with Gasteiger partial charge in [-0.15, -0.1) is 12.4 Å². The maximum Gasteiger partial charge on any atom is 0.422 e. The van der Waals surface area contributed by atoms with Crippen LogP contribution in [-0.2, 0) is 14.3 Å². The lowest BCUT2D eigenvalue weighted by molar-refractivity contribution is -0.153. The number of hydrogen-bond donors (Lipinski definition) is 2. The van der Waals surface area contributed by atoms with Crippen LogP contribution in [0, 0.1) is 0 Å². The van der Waals surface area contributed by atoms with Crippen LogP contribution in [0.1, 0.15) is 16.8 Å². The van der Waals surface area contributed by atoms with Crippen LogP contribution in [0.5, 0.6) is 5.75 Å². The molecule has 1 aromatic rings. The molecule has 7 nitrogen and oxygen atoms in total. The van der Waals surface area contributed by atoms with Crippen LogP contribution in [0.25, 0.3) is 0 Å². The van der Waals surface area contributed by atoms with Gasteiger partial charge in [-0.2, -0.15) is 13.2 Å². The molecule has 1 amide bonds. The second-order valence-corrected chi connectivity index (χ2v) is 5.58. The second-order valence-electron chi connectivity index (χ2n) is 5.58. The Morgan fingerprint density at radius 3 is 2.70 bits per heavy atom. The predicted molar refractivity (Wildman–Crippen MR) is 92.4 cm³/mol. The summed E-state index contributed by atoms with van der Waals surface area (Å²) in [6.07, 6.45) is -4.48. The molecule has 1 aliphatic heterocycles. The number of esters is 1. The molecule has 152 valence electrons. The summed E-state index contributed by atoms with van der Waals surface area (Å²) in [6, 6.07) is 3.53. The summed E-state index contributed by atoms with van der Waals surface area (Å²) in [5.41, 5.74) is 0.0358. The van der Waals surface area contributed by atoms with E-state index in [1.165, 1.54) is 12.1 Å². The molecule has 1 unspecified atom stereocenters. The highest BCUT2D eigenvalue weighted by atomic mass is 35.5. The van der Waals surface area contributed by atoms with Crippen molar-refractivity contribution >= 4 is 30.0 Å². The molecule has 2 rings (SSSR count). The third-order valence-electron chi connectivity index (χ3n) is 3.50. The molecule has 0 spiro atoms. The zero-order valence-corrected chi connectivity index (χ0v) is 15.2. The molecule has 1 atom stereocenters. The molecule has 0 bridgehead atoms. The van der Waals surface area contributed by atoms with E-state index in [1.54, 1.807) is 0 Å². The lowest BCUT2D eigenvalue weighted by Gasteiger charge is -2.23. The van der Waals surface area contributed by atoms with E-state index in [0.29, 0.717) is 19.8 Å². The topological polar surface area (TPSA) is 85.9 Å². The van der Waals surface area contributed by atoms with E-state index in [-0.39, 0.29) is 41.9 Å². The maximum absolute atomic E-state index is 12.4. The molecule has 1 aliphatic rings. The Balaban J connectivity index is 0.00000364. The SMILES string of the molecule is COC(=O)c1ccc(NC(=O)CC2COCCN2)c(OCC(F)(F)F)c1.Cl. The van der Waals surface area contributed by atoms with Gasteiger partial charge in [-0.1, -0.05) is 0 Å². The minimum Gasteiger partial charge on any atom is -0.482 e. The lowest BCUT2D eigenvalue weighted by Crippen LogP contribution is -2.43. The number of carbonyl (C=O) groups is 2. The van der Waals surface area contributed by atoms with Crippen LogP contribution in [0.15, 0.2) is 18.2 Å². The molecule has 27 heavy (non-hydrogen) atoms.